The Bertz CT molecular complexity index is 735. The Labute approximate surface area is 206 Å². The third-order valence-corrected chi connectivity index (χ3v) is 10.7. The molecule has 8 atom stereocenters. The summed E-state index contributed by atoms with van der Waals surface area (Å²) in [5, 5.41) is 28.1. The van der Waals surface area contributed by atoms with Crippen LogP contribution < -0.4 is 5.73 Å². The summed E-state index contributed by atoms with van der Waals surface area (Å²) >= 11 is 0. The van der Waals surface area contributed by atoms with Crippen LogP contribution in [0.15, 0.2) is 5.16 Å². The number of hydrogen-bond acceptors (Lipinski definition) is 7. The van der Waals surface area contributed by atoms with Crippen LogP contribution >= 0.6 is 0 Å². The molecular formula is C27H49N3O4. The maximum atomic E-state index is 12.3. The largest absolute Gasteiger partial charge is 0.395 e. The Hall–Kier alpha value is -0.730. The summed E-state index contributed by atoms with van der Waals surface area (Å²) in [7, 11) is 3.99. The zero-order valence-electron chi connectivity index (χ0n) is 22.0. The first-order chi connectivity index (χ1) is 16.1. The monoisotopic (exact) mass is 479 g/mol. The lowest BCUT2D eigenvalue weighted by Gasteiger charge is -2.64. The molecule has 3 unspecified atom stereocenters. The molecule has 196 valence electrons. The zero-order valence-corrected chi connectivity index (χ0v) is 22.0. The summed E-state index contributed by atoms with van der Waals surface area (Å²) in [5.74, 6) is 1.40. The molecule has 4 aliphatic rings. The summed E-state index contributed by atoms with van der Waals surface area (Å²) in [6, 6.07) is 0. The summed E-state index contributed by atoms with van der Waals surface area (Å²) in [4.78, 5) is 7.47. The van der Waals surface area contributed by atoms with Crippen LogP contribution in [0.1, 0.15) is 78.1 Å². The van der Waals surface area contributed by atoms with Crippen molar-refractivity contribution < 1.29 is 19.8 Å². The van der Waals surface area contributed by atoms with Crippen LogP contribution in [0.3, 0.4) is 0 Å². The van der Waals surface area contributed by atoms with E-state index < -0.39 is 16.6 Å². The number of ether oxygens (including phenoxy) is 1. The maximum absolute atomic E-state index is 12.3. The molecule has 0 aromatic heterocycles. The number of likely N-dealkylation sites (N-methyl/N-ethyl adjacent to an activating group) is 1. The lowest BCUT2D eigenvalue weighted by molar-refractivity contribution is -0.225. The van der Waals surface area contributed by atoms with Gasteiger partial charge in [-0.25, -0.2) is 0 Å². The molecule has 0 radical (unpaired) electrons. The van der Waals surface area contributed by atoms with Crippen molar-refractivity contribution in [2.24, 2.45) is 39.5 Å². The summed E-state index contributed by atoms with van der Waals surface area (Å²) < 4.78 is 6.16. The van der Waals surface area contributed by atoms with Crippen LogP contribution in [0.2, 0.25) is 0 Å². The van der Waals surface area contributed by atoms with E-state index >= 15 is 0 Å². The van der Waals surface area contributed by atoms with E-state index in [0.29, 0.717) is 43.9 Å². The minimum atomic E-state index is -1.13. The average Bonchev–Trinajstić information content (AvgIpc) is 3.00. The fourth-order valence-electron chi connectivity index (χ4n) is 8.33. The highest BCUT2D eigenvalue weighted by Gasteiger charge is 2.71. The first-order valence-electron chi connectivity index (χ1n) is 13.7. The van der Waals surface area contributed by atoms with Gasteiger partial charge >= 0.3 is 0 Å². The number of rotatable bonds is 9. The van der Waals surface area contributed by atoms with Crippen molar-refractivity contribution in [2.45, 2.75) is 95.4 Å². The van der Waals surface area contributed by atoms with Gasteiger partial charge in [0.05, 0.1) is 17.9 Å². The lowest BCUT2D eigenvalue weighted by atomic mass is 9.43. The van der Waals surface area contributed by atoms with E-state index in [0.717, 1.165) is 58.1 Å². The minimum Gasteiger partial charge on any atom is -0.395 e. The highest BCUT2D eigenvalue weighted by atomic mass is 16.6. The molecule has 0 aromatic rings. The van der Waals surface area contributed by atoms with Gasteiger partial charge in [-0.3, -0.25) is 0 Å². The molecule has 4 N–H and O–H groups in total. The van der Waals surface area contributed by atoms with Gasteiger partial charge in [-0.2, -0.15) is 0 Å². The second kappa shape index (κ2) is 9.97. The van der Waals surface area contributed by atoms with Gasteiger partial charge in [-0.05, 0) is 108 Å². The first kappa shape index (κ1) is 26.3. The van der Waals surface area contributed by atoms with E-state index in [-0.39, 0.29) is 11.3 Å². The van der Waals surface area contributed by atoms with Crippen molar-refractivity contribution >= 4 is 6.21 Å². The fourth-order valence-corrected chi connectivity index (χ4v) is 8.33. The highest BCUT2D eigenvalue weighted by Crippen LogP contribution is 2.69. The van der Waals surface area contributed by atoms with Gasteiger partial charge in [0, 0.05) is 18.6 Å². The predicted molar refractivity (Wildman–Crippen MR) is 135 cm³/mol. The Kier molecular flexibility index (Phi) is 7.72. The molecule has 4 rings (SSSR count). The highest BCUT2D eigenvalue weighted by molar-refractivity contribution is 5.71. The first-order valence-corrected chi connectivity index (χ1v) is 13.7. The van der Waals surface area contributed by atoms with Gasteiger partial charge in [-0.15, -0.1) is 0 Å². The topological polar surface area (TPSA) is 101 Å². The molecule has 7 heteroatoms. The molecule has 0 spiro atoms. The molecule has 4 aliphatic carbocycles. The van der Waals surface area contributed by atoms with E-state index in [1.54, 1.807) is 6.21 Å². The summed E-state index contributed by atoms with van der Waals surface area (Å²) in [6.45, 7) is 7.31. The van der Waals surface area contributed by atoms with E-state index in [4.69, 9.17) is 15.3 Å². The SMILES string of the molecule is CN(C)CCO/N=C/C1(O)CC[C@@]2(O)[C@@H]3CCC4CC(OCCCN)CC[C@]4(C)[C@@H]3CC[C@]12C. The molecule has 4 fully saturated rings. The summed E-state index contributed by atoms with van der Waals surface area (Å²) in [5.41, 5.74) is 3.31. The standard InChI is InChI=1S/C27H49N3O4/c1-24-10-8-21(33-16-5-14-28)18-20(24)6-7-23-22(24)9-11-25(2)26(31,12-13-27(23,25)32)19-29-34-17-15-30(3)4/h19-23,31-32H,5-18,28H2,1-4H3/b29-19+/t20?,21?,22-,23-,24+,25-,26?,27-/m1/s1. The Morgan fingerprint density at radius 3 is 2.53 bits per heavy atom. The van der Waals surface area contributed by atoms with E-state index in [1.807, 2.05) is 19.0 Å². The number of nitrogens with zero attached hydrogens (tertiary/aromatic N) is 2. The molecule has 0 amide bonds. The van der Waals surface area contributed by atoms with Crippen molar-refractivity contribution in [1.29, 1.82) is 0 Å². The summed E-state index contributed by atoms with van der Waals surface area (Å²) in [6.07, 6.45) is 11.6. The number of nitrogens with two attached hydrogens (primary N) is 1. The van der Waals surface area contributed by atoms with Crippen LogP contribution in [-0.4, -0.2) is 79.0 Å². The van der Waals surface area contributed by atoms with E-state index in [2.05, 4.69) is 19.0 Å². The normalized spacial score (nSPS) is 46.4. The lowest BCUT2D eigenvalue weighted by Crippen LogP contribution is -2.65. The van der Waals surface area contributed by atoms with Gasteiger partial charge in [0.25, 0.3) is 0 Å². The maximum Gasteiger partial charge on any atom is 0.129 e. The molecule has 7 nitrogen and oxygen atoms in total. The molecule has 0 aliphatic heterocycles. The van der Waals surface area contributed by atoms with Gasteiger partial charge in [0.2, 0.25) is 0 Å². The molecule has 0 heterocycles. The van der Waals surface area contributed by atoms with Crippen molar-refractivity contribution in [3.8, 4) is 0 Å². The smallest absolute Gasteiger partial charge is 0.129 e. The predicted octanol–water partition coefficient (Wildman–Crippen LogP) is 3.17. The molecule has 0 aromatic carbocycles. The third kappa shape index (κ3) is 4.34. The van der Waals surface area contributed by atoms with Crippen LogP contribution in [0.4, 0.5) is 0 Å². The van der Waals surface area contributed by atoms with Crippen LogP contribution in [0, 0.1) is 28.6 Å². The zero-order chi connectivity index (χ0) is 24.6. The fraction of sp³-hybridized carbons (Fsp3) is 0.963. The number of fused-ring (bicyclic) bond motifs is 5. The van der Waals surface area contributed by atoms with Crippen molar-refractivity contribution in [3.63, 3.8) is 0 Å². The quantitative estimate of drug-likeness (QED) is 0.267. The Morgan fingerprint density at radius 2 is 1.79 bits per heavy atom. The van der Waals surface area contributed by atoms with Crippen molar-refractivity contribution in [3.05, 3.63) is 0 Å². The van der Waals surface area contributed by atoms with Gasteiger partial charge in [0.1, 0.15) is 12.2 Å². The van der Waals surface area contributed by atoms with Crippen molar-refractivity contribution in [1.82, 2.24) is 4.90 Å². The average molecular weight is 480 g/mol. The Balaban J connectivity index is 1.46. The Morgan fingerprint density at radius 1 is 1.00 bits per heavy atom. The number of oxime groups is 1. The van der Waals surface area contributed by atoms with Crippen LogP contribution in [-0.2, 0) is 9.57 Å². The number of hydrogen-bond donors (Lipinski definition) is 3. The van der Waals surface area contributed by atoms with Gasteiger partial charge < -0.3 is 30.4 Å². The molecule has 34 heavy (non-hydrogen) atoms. The minimum absolute atomic E-state index is 0.235. The third-order valence-electron chi connectivity index (χ3n) is 10.7. The van der Waals surface area contributed by atoms with Crippen molar-refractivity contribution in [2.75, 3.05) is 40.4 Å². The van der Waals surface area contributed by atoms with E-state index in [9.17, 15) is 10.2 Å². The van der Waals surface area contributed by atoms with E-state index in [1.165, 1.54) is 6.42 Å². The second-order valence-electron chi connectivity index (χ2n) is 12.5. The molecular weight excluding hydrogens is 430 g/mol. The number of aliphatic hydroxyl groups is 2. The second-order valence-corrected chi connectivity index (χ2v) is 12.5. The van der Waals surface area contributed by atoms with Crippen LogP contribution in [0.5, 0.6) is 0 Å². The molecule has 0 saturated heterocycles. The van der Waals surface area contributed by atoms with Crippen LogP contribution in [0.25, 0.3) is 0 Å². The molecule has 4 saturated carbocycles. The van der Waals surface area contributed by atoms with Gasteiger partial charge in [0.15, 0.2) is 0 Å². The molecule has 0 bridgehead atoms. The van der Waals surface area contributed by atoms with Gasteiger partial charge in [-0.1, -0.05) is 19.0 Å².